The van der Waals surface area contributed by atoms with Crippen molar-refractivity contribution in [1.29, 1.82) is 0 Å². The summed E-state index contributed by atoms with van der Waals surface area (Å²) < 4.78 is 16.6. The van der Waals surface area contributed by atoms with Crippen LogP contribution in [0.25, 0.3) is 11.4 Å². The summed E-state index contributed by atoms with van der Waals surface area (Å²) in [7, 11) is 0. The predicted octanol–water partition coefficient (Wildman–Crippen LogP) is 4.37. The van der Waals surface area contributed by atoms with Gasteiger partial charge in [-0.3, -0.25) is 0 Å². The number of hydrogen-bond donors (Lipinski definition) is 1. The van der Waals surface area contributed by atoms with Crippen LogP contribution >= 0.6 is 11.6 Å². The fourth-order valence-electron chi connectivity index (χ4n) is 3.34. The number of aliphatic hydroxyl groups excluding tert-OH is 1. The Hall–Kier alpha value is -1.39. The highest BCUT2D eigenvalue weighted by atomic mass is 35.5. The van der Waals surface area contributed by atoms with Crippen LogP contribution in [0.4, 0.5) is 4.39 Å². The van der Waals surface area contributed by atoms with Gasteiger partial charge in [0.15, 0.2) is 0 Å². The standard InChI is InChI=1S/C17H20ClFN2O/c1-11-5-6-14(18)15(16(11)19)17-20-7-8-21(17)13-4-2-3-12(9-13)10-22/h5-8,12-13,22H,2-4,9-10H2,1H3/t12-,13-/m1/s1. The minimum absolute atomic E-state index is 0.208. The van der Waals surface area contributed by atoms with Gasteiger partial charge in [0.25, 0.3) is 0 Å². The predicted molar refractivity (Wildman–Crippen MR) is 85.4 cm³/mol. The molecule has 2 atom stereocenters. The SMILES string of the molecule is Cc1ccc(Cl)c(-c2nccn2[C@@H]2CCC[C@@H](CO)C2)c1F. The van der Waals surface area contributed by atoms with E-state index < -0.39 is 0 Å². The van der Waals surface area contributed by atoms with Crippen molar-refractivity contribution in [2.75, 3.05) is 6.61 Å². The monoisotopic (exact) mass is 322 g/mol. The Kier molecular flexibility index (Phi) is 4.50. The molecule has 1 aliphatic rings. The van der Waals surface area contributed by atoms with E-state index in [4.69, 9.17) is 11.6 Å². The zero-order valence-electron chi connectivity index (χ0n) is 12.6. The lowest BCUT2D eigenvalue weighted by atomic mass is 9.86. The van der Waals surface area contributed by atoms with Gasteiger partial charge in [-0.2, -0.15) is 0 Å². The summed E-state index contributed by atoms with van der Waals surface area (Å²) in [6.07, 6.45) is 7.61. The van der Waals surface area contributed by atoms with E-state index in [1.54, 1.807) is 25.3 Å². The number of rotatable bonds is 3. The lowest BCUT2D eigenvalue weighted by Crippen LogP contribution is -2.21. The summed E-state index contributed by atoms with van der Waals surface area (Å²) in [5.41, 5.74) is 0.934. The van der Waals surface area contributed by atoms with E-state index >= 15 is 0 Å². The molecule has 3 rings (SSSR count). The molecule has 0 spiro atoms. The van der Waals surface area contributed by atoms with Crippen LogP contribution in [0.5, 0.6) is 0 Å². The average Bonchev–Trinajstić information content (AvgIpc) is 3.01. The van der Waals surface area contributed by atoms with Crippen LogP contribution in [-0.2, 0) is 0 Å². The van der Waals surface area contributed by atoms with E-state index in [-0.39, 0.29) is 18.5 Å². The topological polar surface area (TPSA) is 38.0 Å². The Morgan fingerprint density at radius 2 is 2.23 bits per heavy atom. The van der Waals surface area contributed by atoms with Gasteiger partial charge >= 0.3 is 0 Å². The molecular weight excluding hydrogens is 303 g/mol. The first-order valence-corrected chi connectivity index (χ1v) is 8.08. The smallest absolute Gasteiger partial charge is 0.144 e. The summed E-state index contributed by atoms with van der Waals surface area (Å²) in [6, 6.07) is 3.63. The maximum atomic E-state index is 14.5. The Balaban J connectivity index is 2.01. The molecule has 1 aliphatic carbocycles. The third kappa shape index (κ3) is 2.77. The molecule has 118 valence electrons. The molecule has 0 aliphatic heterocycles. The van der Waals surface area contributed by atoms with Crippen molar-refractivity contribution >= 4 is 11.6 Å². The first kappa shape index (κ1) is 15.5. The largest absolute Gasteiger partial charge is 0.396 e. The van der Waals surface area contributed by atoms with Gasteiger partial charge in [-0.1, -0.05) is 24.1 Å². The summed E-state index contributed by atoms with van der Waals surface area (Å²) in [5.74, 6) is 0.580. The van der Waals surface area contributed by atoms with Crippen LogP contribution in [-0.4, -0.2) is 21.3 Å². The van der Waals surface area contributed by atoms with Gasteiger partial charge in [0.1, 0.15) is 11.6 Å². The number of aliphatic hydroxyl groups is 1. The van der Waals surface area contributed by atoms with E-state index in [9.17, 15) is 9.50 Å². The van der Waals surface area contributed by atoms with Gasteiger partial charge in [-0.25, -0.2) is 9.37 Å². The highest BCUT2D eigenvalue weighted by Gasteiger charge is 2.26. The molecule has 0 saturated heterocycles. The lowest BCUT2D eigenvalue weighted by Gasteiger charge is -2.30. The number of hydrogen-bond acceptors (Lipinski definition) is 2. The van der Waals surface area contributed by atoms with Crippen LogP contribution in [0.15, 0.2) is 24.5 Å². The maximum Gasteiger partial charge on any atom is 0.144 e. The van der Waals surface area contributed by atoms with E-state index in [1.165, 1.54) is 0 Å². The number of benzene rings is 1. The second-order valence-electron chi connectivity index (χ2n) is 6.08. The molecule has 1 saturated carbocycles. The summed E-state index contributed by atoms with van der Waals surface area (Å²) >= 11 is 6.23. The van der Waals surface area contributed by atoms with E-state index in [0.717, 1.165) is 25.7 Å². The fourth-order valence-corrected chi connectivity index (χ4v) is 3.57. The van der Waals surface area contributed by atoms with Crippen molar-refractivity contribution in [3.63, 3.8) is 0 Å². The molecule has 0 amide bonds. The van der Waals surface area contributed by atoms with Gasteiger partial charge < -0.3 is 9.67 Å². The van der Waals surface area contributed by atoms with Crippen molar-refractivity contribution < 1.29 is 9.50 Å². The fraction of sp³-hybridized carbons (Fsp3) is 0.471. The molecule has 1 N–H and O–H groups in total. The van der Waals surface area contributed by atoms with Crippen LogP contribution in [0.1, 0.15) is 37.3 Å². The number of aromatic nitrogens is 2. The van der Waals surface area contributed by atoms with Crippen LogP contribution in [0, 0.1) is 18.7 Å². The molecule has 0 unspecified atom stereocenters. The highest BCUT2D eigenvalue weighted by molar-refractivity contribution is 6.33. The van der Waals surface area contributed by atoms with Gasteiger partial charge in [0.2, 0.25) is 0 Å². The third-order valence-electron chi connectivity index (χ3n) is 4.58. The quantitative estimate of drug-likeness (QED) is 0.911. The minimum Gasteiger partial charge on any atom is -0.396 e. The first-order chi connectivity index (χ1) is 10.6. The zero-order chi connectivity index (χ0) is 15.7. The normalized spacial score (nSPS) is 22.0. The second-order valence-corrected chi connectivity index (χ2v) is 6.49. The molecule has 1 fully saturated rings. The molecule has 0 bridgehead atoms. The second kappa shape index (κ2) is 6.39. The zero-order valence-corrected chi connectivity index (χ0v) is 13.4. The molecule has 22 heavy (non-hydrogen) atoms. The molecule has 1 aromatic carbocycles. The Morgan fingerprint density at radius 3 is 3.00 bits per heavy atom. The molecule has 1 heterocycles. The van der Waals surface area contributed by atoms with E-state index in [2.05, 4.69) is 4.98 Å². The maximum absolute atomic E-state index is 14.5. The Bertz CT molecular complexity index is 671. The molecule has 1 aromatic heterocycles. The number of halogens is 2. The van der Waals surface area contributed by atoms with Gasteiger partial charge in [-0.05, 0) is 43.7 Å². The van der Waals surface area contributed by atoms with Gasteiger partial charge in [0, 0.05) is 25.0 Å². The lowest BCUT2D eigenvalue weighted by molar-refractivity contribution is 0.163. The molecule has 3 nitrogen and oxygen atoms in total. The van der Waals surface area contributed by atoms with Crippen LogP contribution in [0.3, 0.4) is 0 Å². The number of imidazole rings is 1. The molecular formula is C17H20ClFN2O. The molecule has 0 radical (unpaired) electrons. The Labute approximate surface area is 134 Å². The van der Waals surface area contributed by atoms with Crippen molar-refractivity contribution in [3.8, 4) is 11.4 Å². The summed E-state index contributed by atoms with van der Waals surface area (Å²) in [6.45, 7) is 1.94. The van der Waals surface area contributed by atoms with E-state index in [1.807, 2.05) is 10.8 Å². The van der Waals surface area contributed by atoms with Crippen molar-refractivity contribution in [3.05, 3.63) is 40.9 Å². The van der Waals surface area contributed by atoms with Crippen molar-refractivity contribution in [2.45, 2.75) is 38.6 Å². The molecule has 5 heteroatoms. The average molecular weight is 323 g/mol. The van der Waals surface area contributed by atoms with Crippen LogP contribution < -0.4 is 0 Å². The number of nitrogens with zero attached hydrogens (tertiary/aromatic N) is 2. The van der Waals surface area contributed by atoms with Gasteiger partial charge in [-0.15, -0.1) is 0 Å². The van der Waals surface area contributed by atoms with Crippen LogP contribution in [0.2, 0.25) is 5.02 Å². The highest BCUT2D eigenvalue weighted by Crippen LogP contribution is 2.37. The third-order valence-corrected chi connectivity index (χ3v) is 4.90. The van der Waals surface area contributed by atoms with E-state index in [0.29, 0.717) is 27.9 Å². The number of aryl methyl sites for hydroxylation is 1. The Morgan fingerprint density at radius 1 is 1.41 bits per heavy atom. The van der Waals surface area contributed by atoms with Gasteiger partial charge in [0.05, 0.1) is 10.6 Å². The summed E-state index contributed by atoms with van der Waals surface area (Å²) in [5, 5.41) is 9.79. The summed E-state index contributed by atoms with van der Waals surface area (Å²) in [4.78, 5) is 4.35. The van der Waals surface area contributed by atoms with Crippen molar-refractivity contribution in [1.82, 2.24) is 9.55 Å². The molecule has 2 aromatic rings. The minimum atomic E-state index is -0.311. The first-order valence-electron chi connectivity index (χ1n) is 7.70. The van der Waals surface area contributed by atoms with Crippen molar-refractivity contribution in [2.24, 2.45) is 5.92 Å².